The van der Waals surface area contributed by atoms with Crippen molar-refractivity contribution in [3.63, 3.8) is 0 Å². The van der Waals surface area contributed by atoms with Crippen LogP contribution in [0.5, 0.6) is 0 Å². The average molecular weight is 330 g/mol. The van der Waals surface area contributed by atoms with E-state index in [0.29, 0.717) is 19.1 Å². The second-order valence-corrected chi connectivity index (χ2v) is 6.25. The first-order valence-corrected chi connectivity index (χ1v) is 8.73. The van der Waals surface area contributed by atoms with Crippen LogP contribution in [-0.4, -0.2) is 56.7 Å². The Morgan fingerprint density at radius 1 is 1.25 bits per heavy atom. The van der Waals surface area contributed by atoms with Crippen molar-refractivity contribution < 1.29 is 4.79 Å². The number of amides is 1. The lowest BCUT2D eigenvalue weighted by Gasteiger charge is -2.34. The van der Waals surface area contributed by atoms with Crippen LogP contribution >= 0.6 is 0 Å². The van der Waals surface area contributed by atoms with Gasteiger partial charge in [0.15, 0.2) is 0 Å². The van der Waals surface area contributed by atoms with Gasteiger partial charge in [-0.05, 0) is 19.8 Å². The van der Waals surface area contributed by atoms with Gasteiger partial charge in [-0.25, -0.2) is 4.98 Å². The Balaban J connectivity index is 1.67. The predicted molar refractivity (Wildman–Crippen MR) is 93.3 cm³/mol. The molecule has 1 aliphatic heterocycles. The molecule has 1 aliphatic rings. The standard InChI is InChI=1S/C17H26N6O/c1-4-14(5-2)23-13(3)15(12-20-23)16(24)21-8-10-22(11-9-21)17-18-6-7-19-17/h6-7,12,14H,4-5,8-11H2,1-3H3,(H,18,19). The van der Waals surface area contributed by atoms with E-state index in [1.54, 1.807) is 12.4 Å². The van der Waals surface area contributed by atoms with Crippen molar-refractivity contribution in [1.82, 2.24) is 24.6 Å². The summed E-state index contributed by atoms with van der Waals surface area (Å²) < 4.78 is 2.01. The zero-order chi connectivity index (χ0) is 17.1. The number of piperazine rings is 1. The third-order valence-corrected chi connectivity index (χ3v) is 4.91. The van der Waals surface area contributed by atoms with E-state index in [9.17, 15) is 4.79 Å². The Labute approximate surface area is 142 Å². The fourth-order valence-corrected chi connectivity index (χ4v) is 3.36. The van der Waals surface area contributed by atoms with Crippen LogP contribution in [-0.2, 0) is 0 Å². The fourth-order valence-electron chi connectivity index (χ4n) is 3.36. The average Bonchev–Trinajstić information content (AvgIpc) is 3.27. The Morgan fingerprint density at radius 2 is 1.96 bits per heavy atom. The summed E-state index contributed by atoms with van der Waals surface area (Å²) in [5.74, 6) is 0.962. The lowest BCUT2D eigenvalue weighted by molar-refractivity contribution is 0.0745. The first-order valence-electron chi connectivity index (χ1n) is 8.73. The molecule has 0 spiro atoms. The van der Waals surface area contributed by atoms with Gasteiger partial charge in [-0.15, -0.1) is 0 Å². The molecule has 2 aromatic rings. The first kappa shape index (κ1) is 16.5. The van der Waals surface area contributed by atoms with E-state index in [1.807, 2.05) is 22.7 Å². The van der Waals surface area contributed by atoms with Gasteiger partial charge in [-0.2, -0.15) is 5.10 Å². The normalized spacial score (nSPS) is 15.3. The van der Waals surface area contributed by atoms with Gasteiger partial charge in [0.1, 0.15) is 0 Å². The van der Waals surface area contributed by atoms with Crippen molar-refractivity contribution >= 4 is 11.9 Å². The molecule has 3 heterocycles. The Bertz CT molecular complexity index is 665. The molecule has 0 saturated carbocycles. The van der Waals surface area contributed by atoms with E-state index in [2.05, 4.69) is 33.8 Å². The molecule has 3 rings (SSSR count). The highest BCUT2D eigenvalue weighted by atomic mass is 16.2. The van der Waals surface area contributed by atoms with Gasteiger partial charge in [0.05, 0.1) is 17.8 Å². The van der Waals surface area contributed by atoms with Crippen LogP contribution in [0.1, 0.15) is 48.8 Å². The maximum absolute atomic E-state index is 12.9. The molecule has 0 bridgehead atoms. The summed E-state index contributed by atoms with van der Waals surface area (Å²) in [7, 11) is 0. The van der Waals surface area contributed by atoms with Gasteiger partial charge in [0.2, 0.25) is 5.95 Å². The minimum absolute atomic E-state index is 0.0869. The SMILES string of the molecule is CCC(CC)n1ncc(C(=O)N2CCN(c3ncc[nH]3)CC2)c1C. The van der Waals surface area contributed by atoms with Gasteiger partial charge < -0.3 is 14.8 Å². The molecular formula is C17H26N6O. The smallest absolute Gasteiger partial charge is 0.257 e. The van der Waals surface area contributed by atoms with Crippen molar-refractivity contribution in [3.05, 3.63) is 29.8 Å². The van der Waals surface area contributed by atoms with E-state index >= 15 is 0 Å². The highest BCUT2D eigenvalue weighted by Gasteiger charge is 2.26. The fraction of sp³-hybridized carbons (Fsp3) is 0.588. The van der Waals surface area contributed by atoms with Crippen molar-refractivity contribution in [2.24, 2.45) is 0 Å². The summed E-state index contributed by atoms with van der Waals surface area (Å²) >= 11 is 0. The van der Waals surface area contributed by atoms with Crippen LogP contribution in [0.2, 0.25) is 0 Å². The molecule has 2 aromatic heterocycles. The van der Waals surface area contributed by atoms with Crippen LogP contribution in [0.25, 0.3) is 0 Å². The van der Waals surface area contributed by atoms with E-state index < -0.39 is 0 Å². The third kappa shape index (κ3) is 3.02. The number of nitrogens with zero attached hydrogens (tertiary/aromatic N) is 5. The lowest BCUT2D eigenvalue weighted by Crippen LogP contribution is -2.49. The summed E-state index contributed by atoms with van der Waals surface area (Å²) in [5.41, 5.74) is 1.70. The molecule has 7 heteroatoms. The van der Waals surface area contributed by atoms with Crippen LogP contribution in [0.4, 0.5) is 5.95 Å². The zero-order valence-corrected chi connectivity index (χ0v) is 14.7. The number of carbonyl (C=O) groups is 1. The van der Waals surface area contributed by atoms with E-state index in [4.69, 9.17) is 0 Å². The first-order chi connectivity index (χ1) is 11.7. The quantitative estimate of drug-likeness (QED) is 0.913. The molecule has 0 aromatic carbocycles. The van der Waals surface area contributed by atoms with Gasteiger partial charge in [0, 0.05) is 44.3 Å². The lowest BCUT2D eigenvalue weighted by atomic mass is 10.1. The van der Waals surface area contributed by atoms with Crippen molar-refractivity contribution in [2.75, 3.05) is 31.1 Å². The zero-order valence-electron chi connectivity index (χ0n) is 14.7. The largest absolute Gasteiger partial charge is 0.339 e. The van der Waals surface area contributed by atoms with Crippen LogP contribution < -0.4 is 4.90 Å². The number of anilines is 1. The van der Waals surface area contributed by atoms with Crippen molar-refractivity contribution in [1.29, 1.82) is 0 Å². The molecule has 1 fully saturated rings. The number of hydrogen-bond acceptors (Lipinski definition) is 4. The Kier molecular flexibility index (Phi) is 4.87. The third-order valence-electron chi connectivity index (χ3n) is 4.91. The van der Waals surface area contributed by atoms with Crippen LogP contribution in [0.3, 0.4) is 0 Å². The highest BCUT2D eigenvalue weighted by Crippen LogP contribution is 2.21. The molecule has 24 heavy (non-hydrogen) atoms. The number of aromatic amines is 1. The molecule has 1 amide bonds. The van der Waals surface area contributed by atoms with Crippen LogP contribution in [0, 0.1) is 6.92 Å². The molecule has 0 aliphatic carbocycles. The topological polar surface area (TPSA) is 70.1 Å². The number of aromatic nitrogens is 4. The molecule has 0 unspecified atom stereocenters. The molecule has 0 atom stereocenters. The number of imidazole rings is 1. The van der Waals surface area contributed by atoms with Gasteiger partial charge in [0.25, 0.3) is 5.91 Å². The second-order valence-electron chi connectivity index (χ2n) is 6.25. The van der Waals surface area contributed by atoms with Crippen LogP contribution in [0.15, 0.2) is 18.6 Å². The summed E-state index contributed by atoms with van der Waals surface area (Å²) in [6, 6.07) is 0.363. The van der Waals surface area contributed by atoms with Gasteiger partial charge in [-0.3, -0.25) is 9.48 Å². The minimum atomic E-state index is 0.0869. The maximum Gasteiger partial charge on any atom is 0.257 e. The minimum Gasteiger partial charge on any atom is -0.339 e. The number of rotatable bonds is 5. The van der Waals surface area contributed by atoms with E-state index in [-0.39, 0.29) is 5.91 Å². The van der Waals surface area contributed by atoms with E-state index in [1.165, 1.54) is 0 Å². The number of carbonyl (C=O) groups excluding carboxylic acids is 1. The maximum atomic E-state index is 12.9. The van der Waals surface area contributed by atoms with Gasteiger partial charge in [-0.1, -0.05) is 13.8 Å². The highest BCUT2D eigenvalue weighted by molar-refractivity contribution is 5.95. The van der Waals surface area contributed by atoms with E-state index in [0.717, 1.165) is 43.1 Å². The number of H-pyrrole nitrogens is 1. The summed E-state index contributed by atoms with van der Waals surface area (Å²) in [6.45, 7) is 9.30. The Hall–Kier alpha value is -2.31. The van der Waals surface area contributed by atoms with Crippen molar-refractivity contribution in [2.45, 2.75) is 39.7 Å². The summed E-state index contributed by atoms with van der Waals surface area (Å²) in [5, 5.41) is 4.47. The molecular weight excluding hydrogens is 304 g/mol. The second kappa shape index (κ2) is 7.07. The molecule has 0 radical (unpaired) electrons. The number of hydrogen-bond donors (Lipinski definition) is 1. The Morgan fingerprint density at radius 3 is 2.54 bits per heavy atom. The predicted octanol–water partition coefficient (Wildman–Crippen LogP) is 2.24. The molecule has 1 saturated heterocycles. The molecule has 1 N–H and O–H groups in total. The van der Waals surface area contributed by atoms with Crippen molar-refractivity contribution in [3.8, 4) is 0 Å². The molecule has 130 valence electrons. The molecule has 7 nitrogen and oxygen atoms in total. The number of nitrogens with one attached hydrogen (secondary N) is 1. The monoisotopic (exact) mass is 330 g/mol. The van der Waals surface area contributed by atoms with Gasteiger partial charge >= 0.3 is 0 Å². The summed E-state index contributed by atoms with van der Waals surface area (Å²) in [4.78, 5) is 24.3. The summed E-state index contributed by atoms with van der Waals surface area (Å²) in [6.07, 6.45) is 7.35.